The van der Waals surface area contributed by atoms with Crippen LogP contribution >= 0.6 is 0 Å². The summed E-state index contributed by atoms with van der Waals surface area (Å²) in [5.41, 5.74) is 0.875. The predicted octanol–water partition coefficient (Wildman–Crippen LogP) is 1.93. The third-order valence-corrected chi connectivity index (χ3v) is 5.03. The Bertz CT molecular complexity index is 656. The molecule has 1 aromatic rings. The smallest absolute Gasteiger partial charge is 0.527 e. The van der Waals surface area contributed by atoms with Crippen LogP contribution in [0.2, 0.25) is 5.82 Å². The molecule has 108 valence electrons. The SMILES string of the molecule is COc1ccc2c(c1C(=O)O)OB(O)C1C2[C@H]2C=C[C@@H]1C2. The van der Waals surface area contributed by atoms with Crippen LogP contribution in [0.1, 0.15) is 28.3 Å². The lowest BCUT2D eigenvalue weighted by Gasteiger charge is -2.36. The van der Waals surface area contributed by atoms with E-state index in [1.807, 2.05) is 6.07 Å². The largest absolute Gasteiger partial charge is 0.535 e. The predicted molar refractivity (Wildman–Crippen MR) is 75.8 cm³/mol. The average molecular weight is 286 g/mol. The molecule has 2 bridgehead atoms. The van der Waals surface area contributed by atoms with Crippen LogP contribution in [-0.4, -0.2) is 30.3 Å². The summed E-state index contributed by atoms with van der Waals surface area (Å²) in [6.45, 7) is 0. The minimum Gasteiger partial charge on any atom is -0.535 e. The quantitative estimate of drug-likeness (QED) is 0.641. The van der Waals surface area contributed by atoms with Gasteiger partial charge in [0.15, 0.2) is 0 Å². The van der Waals surface area contributed by atoms with Gasteiger partial charge in [0.1, 0.15) is 17.1 Å². The molecule has 1 saturated carbocycles. The minimum atomic E-state index is -1.10. The molecule has 4 atom stereocenters. The van der Waals surface area contributed by atoms with Gasteiger partial charge in [0.2, 0.25) is 0 Å². The zero-order valence-electron chi connectivity index (χ0n) is 11.5. The van der Waals surface area contributed by atoms with Gasteiger partial charge in [-0.05, 0) is 35.8 Å². The number of carbonyl (C=O) groups is 1. The highest BCUT2D eigenvalue weighted by Gasteiger charge is 2.56. The standard InChI is InChI=1S/C15H15BO5/c1-20-10-5-4-9-11-7-2-3-8(6-7)13(11)16(19)21-14(9)12(10)15(17)18/h2-5,7-8,11,13,19H,6H2,1H3,(H,17,18)/t7-,8+,11?,13?/m0/s1. The molecule has 1 fully saturated rings. The third-order valence-electron chi connectivity index (χ3n) is 5.03. The molecule has 4 rings (SSSR count). The van der Waals surface area contributed by atoms with Crippen molar-refractivity contribution < 1.29 is 24.3 Å². The van der Waals surface area contributed by atoms with Crippen molar-refractivity contribution in [3.8, 4) is 11.5 Å². The van der Waals surface area contributed by atoms with Gasteiger partial charge in [-0.1, -0.05) is 18.2 Å². The minimum absolute atomic E-state index is 0.000692. The van der Waals surface area contributed by atoms with Crippen LogP contribution in [-0.2, 0) is 0 Å². The van der Waals surface area contributed by atoms with Crippen molar-refractivity contribution in [1.29, 1.82) is 0 Å². The van der Waals surface area contributed by atoms with Crippen LogP contribution in [0, 0.1) is 11.8 Å². The van der Waals surface area contributed by atoms with Crippen LogP contribution in [0.15, 0.2) is 24.3 Å². The number of ether oxygens (including phenoxy) is 1. The maximum absolute atomic E-state index is 11.6. The van der Waals surface area contributed by atoms with Gasteiger partial charge in [0.25, 0.3) is 0 Å². The number of rotatable bonds is 2. The highest BCUT2D eigenvalue weighted by Crippen LogP contribution is 2.61. The lowest BCUT2D eigenvalue weighted by Crippen LogP contribution is -2.39. The fraction of sp³-hybridized carbons (Fsp3) is 0.400. The second-order valence-corrected chi connectivity index (χ2v) is 5.93. The van der Waals surface area contributed by atoms with Gasteiger partial charge in [-0.3, -0.25) is 0 Å². The van der Waals surface area contributed by atoms with Gasteiger partial charge in [-0.25, -0.2) is 4.79 Å². The summed E-state index contributed by atoms with van der Waals surface area (Å²) in [6, 6.07) is 3.55. The number of allylic oxidation sites excluding steroid dienone is 2. The Labute approximate surface area is 122 Å². The van der Waals surface area contributed by atoms with E-state index < -0.39 is 13.1 Å². The molecular formula is C15H15BO5. The van der Waals surface area contributed by atoms with Crippen molar-refractivity contribution in [3.63, 3.8) is 0 Å². The number of carboxylic acids is 1. The van der Waals surface area contributed by atoms with Crippen molar-refractivity contribution >= 4 is 13.1 Å². The molecule has 2 aliphatic carbocycles. The average Bonchev–Trinajstić information content (AvgIpc) is 3.07. The lowest BCUT2D eigenvalue weighted by atomic mass is 9.57. The maximum atomic E-state index is 11.6. The number of carboxylic acid groups (broad SMARTS) is 1. The second kappa shape index (κ2) is 4.27. The van der Waals surface area contributed by atoms with E-state index >= 15 is 0 Å². The Morgan fingerprint density at radius 1 is 1.38 bits per heavy atom. The van der Waals surface area contributed by atoms with Crippen molar-refractivity contribution in [2.45, 2.75) is 18.2 Å². The Morgan fingerprint density at radius 2 is 2.14 bits per heavy atom. The summed E-state index contributed by atoms with van der Waals surface area (Å²) >= 11 is 0. The van der Waals surface area contributed by atoms with E-state index in [4.69, 9.17) is 9.39 Å². The number of methoxy groups -OCH3 is 1. The van der Waals surface area contributed by atoms with Crippen LogP contribution in [0.4, 0.5) is 0 Å². The molecule has 5 nitrogen and oxygen atoms in total. The molecule has 0 spiro atoms. The molecule has 1 aliphatic heterocycles. The molecule has 0 radical (unpaired) electrons. The summed E-state index contributed by atoms with van der Waals surface area (Å²) < 4.78 is 10.7. The summed E-state index contributed by atoms with van der Waals surface area (Å²) in [6.07, 6.45) is 5.33. The van der Waals surface area contributed by atoms with E-state index in [-0.39, 0.29) is 28.8 Å². The zero-order valence-corrected chi connectivity index (χ0v) is 11.5. The van der Waals surface area contributed by atoms with Gasteiger partial charge in [0.05, 0.1) is 7.11 Å². The zero-order chi connectivity index (χ0) is 14.7. The maximum Gasteiger partial charge on any atom is 0.527 e. The fourth-order valence-corrected chi connectivity index (χ4v) is 4.23. The van der Waals surface area contributed by atoms with Gasteiger partial charge in [-0.2, -0.15) is 0 Å². The first-order chi connectivity index (χ1) is 10.1. The Balaban J connectivity index is 1.91. The number of benzene rings is 1. The van der Waals surface area contributed by atoms with E-state index in [1.54, 1.807) is 6.07 Å². The fourth-order valence-electron chi connectivity index (χ4n) is 4.23. The molecule has 6 heteroatoms. The lowest BCUT2D eigenvalue weighted by molar-refractivity contribution is 0.0690. The summed E-state index contributed by atoms with van der Waals surface area (Å²) in [5.74, 6) is 0.228. The van der Waals surface area contributed by atoms with Gasteiger partial charge >= 0.3 is 13.1 Å². The first-order valence-corrected chi connectivity index (χ1v) is 7.09. The molecule has 0 aromatic heterocycles. The highest BCUT2D eigenvalue weighted by atomic mass is 16.5. The number of fused-ring (bicyclic) bond motifs is 7. The number of hydrogen-bond donors (Lipinski definition) is 2. The molecule has 0 amide bonds. The Morgan fingerprint density at radius 3 is 2.86 bits per heavy atom. The van der Waals surface area contributed by atoms with E-state index in [2.05, 4.69) is 12.2 Å². The summed E-state index contributed by atoms with van der Waals surface area (Å²) in [4.78, 5) is 11.6. The summed E-state index contributed by atoms with van der Waals surface area (Å²) in [7, 11) is 0.462. The molecule has 1 heterocycles. The second-order valence-electron chi connectivity index (χ2n) is 5.93. The molecular weight excluding hydrogens is 271 g/mol. The Hall–Kier alpha value is -1.95. The van der Waals surface area contributed by atoms with Crippen molar-refractivity contribution in [2.75, 3.05) is 7.11 Å². The van der Waals surface area contributed by atoms with Crippen molar-refractivity contribution in [1.82, 2.24) is 0 Å². The van der Waals surface area contributed by atoms with Crippen LogP contribution in [0.25, 0.3) is 0 Å². The van der Waals surface area contributed by atoms with Gasteiger partial charge in [-0.15, -0.1) is 0 Å². The van der Waals surface area contributed by atoms with Crippen LogP contribution < -0.4 is 9.39 Å². The Kier molecular flexibility index (Phi) is 2.60. The van der Waals surface area contributed by atoms with Crippen LogP contribution in [0.3, 0.4) is 0 Å². The van der Waals surface area contributed by atoms with E-state index in [0.29, 0.717) is 11.8 Å². The molecule has 21 heavy (non-hydrogen) atoms. The molecule has 2 N–H and O–H groups in total. The van der Waals surface area contributed by atoms with Crippen LogP contribution in [0.5, 0.6) is 11.5 Å². The van der Waals surface area contributed by atoms with Crippen molar-refractivity contribution in [2.24, 2.45) is 11.8 Å². The monoisotopic (exact) mass is 286 g/mol. The van der Waals surface area contributed by atoms with E-state index in [1.165, 1.54) is 7.11 Å². The highest BCUT2D eigenvalue weighted by molar-refractivity contribution is 6.47. The topological polar surface area (TPSA) is 76.0 Å². The molecule has 3 aliphatic rings. The van der Waals surface area contributed by atoms with Gasteiger partial charge in [0, 0.05) is 5.82 Å². The van der Waals surface area contributed by atoms with Crippen molar-refractivity contribution in [3.05, 3.63) is 35.4 Å². The number of aromatic carboxylic acids is 1. The summed E-state index contributed by atoms with van der Waals surface area (Å²) in [5, 5.41) is 19.8. The third kappa shape index (κ3) is 1.59. The van der Waals surface area contributed by atoms with E-state index in [9.17, 15) is 14.9 Å². The first kappa shape index (κ1) is 12.8. The molecule has 1 aromatic carbocycles. The normalized spacial score (nSPS) is 31.6. The molecule has 2 unspecified atom stereocenters. The van der Waals surface area contributed by atoms with Gasteiger partial charge < -0.3 is 19.5 Å². The van der Waals surface area contributed by atoms with E-state index in [0.717, 1.165) is 12.0 Å². The molecule has 0 saturated heterocycles. The first-order valence-electron chi connectivity index (χ1n) is 7.09. The number of hydrogen-bond acceptors (Lipinski definition) is 4.